The van der Waals surface area contributed by atoms with Crippen LogP contribution in [0.5, 0.6) is 0 Å². The zero-order valence-electron chi connectivity index (χ0n) is 25.6. The molecular weight excluding hydrogens is 568 g/mol. The fraction of sp³-hybridized carbons (Fsp3) is 0. The molecule has 0 saturated heterocycles. The molecule has 0 aliphatic carbocycles. The van der Waals surface area contributed by atoms with Crippen molar-refractivity contribution in [2.45, 2.75) is 0 Å². The van der Waals surface area contributed by atoms with E-state index < -0.39 is 0 Å². The Morgan fingerprint density at radius 1 is 0.319 bits per heavy atom. The Kier molecular flexibility index (Phi) is 5.01. The third-order valence-corrected chi connectivity index (χ3v) is 10.6. The molecule has 5 heteroatoms. The first kappa shape index (κ1) is 25.3. The topological polar surface area (TPSA) is 9.72 Å². The molecule has 0 N–H and O–H groups in total. The highest BCUT2D eigenvalue weighted by Gasteiger charge is 2.53. The lowest BCUT2D eigenvalue weighted by Crippen LogP contribution is -2.74. The first-order chi connectivity index (χ1) is 23.4. The van der Waals surface area contributed by atoms with Gasteiger partial charge >= 0.3 is 13.7 Å². The van der Waals surface area contributed by atoms with Gasteiger partial charge < -0.3 is 14.5 Å². The van der Waals surface area contributed by atoms with Gasteiger partial charge in [-0.2, -0.15) is 0 Å². The second-order valence-corrected chi connectivity index (χ2v) is 12.9. The van der Waals surface area contributed by atoms with Gasteiger partial charge in [0, 0.05) is 50.9 Å². The van der Waals surface area contributed by atoms with Crippen molar-refractivity contribution in [3.05, 3.63) is 164 Å². The van der Waals surface area contributed by atoms with Crippen molar-refractivity contribution in [3.8, 4) is 22.3 Å². The van der Waals surface area contributed by atoms with Crippen molar-refractivity contribution in [2.75, 3.05) is 14.5 Å². The van der Waals surface area contributed by atoms with Crippen LogP contribution in [-0.4, -0.2) is 13.7 Å². The Morgan fingerprint density at radius 2 is 0.702 bits per heavy atom. The summed E-state index contributed by atoms with van der Waals surface area (Å²) in [6.07, 6.45) is 0. The van der Waals surface area contributed by atoms with Crippen LogP contribution in [0.1, 0.15) is 0 Å². The summed E-state index contributed by atoms with van der Waals surface area (Å²) < 4.78 is 2.78. The number of hydrogen-bond donors (Lipinski definition) is 0. The summed E-state index contributed by atoms with van der Waals surface area (Å²) in [5.74, 6) is 0. The molecule has 0 saturated carbocycles. The van der Waals surface area contributed by atoms with Gasteiger partial charge in [0.2, 0.25) is 0 Å². The van der Waals surface area contributed by atoms with Crippen molar-refractivity contribution < 1.29 is 0 Å². The average molecular weight is 595 g/mol. The van der Waals surface area contributed by atoms with Crippen molar-refractivity contribution >= 4 is 75.4 Å². The fourth-order valence-electron chi connectivity index (χ4n) is 8.91. The van der Waals surface area contributed by atoms with Gasteiger partial charge in [-0.25, -0.2) is 0 Å². The highest BCUT2D eigenvalue weighted by atomic mass is 15.2. The van der Waals surface area contributed by atoms with E-state index in [2.05, 4.69) is 178 Å². The molecule has 0 amide bonds. The van der Waals surface area contributed by atoms with E-state index in [9.17, 15) is 0 Å². The molecule has 0 radical (unpaired) electrons. The van der Waals surface area contributed by atoms with Gasteiger partial charge in [-0.3, -0.25) is 0 Å². The number of anilines is 7. The SMILES string of the molecule is c1ccc(N2c3ccccc3B3c4c(cccc42)-c2cccc4c2N3B2c3ccccc3N(c3ccccc3)c3cccc-4c32)cc1. The molecule has 7 aromatic carbocycles. The maximum atomic E-state index is 2.78. The Bertz CT molecular complexity index is 2240. The predicted octanol–water partition coefficient (Wildman–Crippen LogP) is 7.63. The van der Waals surface area contributed by atoms with Gasteiger partial charge in [0.15, 0.2) is 0 Å². The van der Waals surface area contributed by atoms with E-state index in [1.54, 1.807) is 0 Å². The van der Waals surface area contributed by atoms with Gasteiger partial charge in [-0.1, -0.05) is 115 Å². The molecule has 4 aliphatic heterocycles. The summed E-state index contributed by atoms with van der Waals surface area (Å²) in [4.78, 5) is 4.93. The first-order valence-corrected chi connectivity index (χ1v) is 16.4. The zero-order valence-corrected chi connectivity index (χ0v) is 25.6. The maximum absolute atomic E-state index is 2.78. The lowest BCUT2D eigenvalue weighted by atomic mass is 9.32. The molecule has 0 bridgehead atoms. The minimum Gasteiger partial charge on any atom is -0.444 e. The minimum atomic E-state index is 0.0357. The van der Waals surface area contributed by atoms with E-state index in [4.69, 9.17) is 0 Å². The standard InChI is InChI=1S/C42H27B2N3/c1-3-14-28(15-4-1)45-36-24-9-7-22-34(36)43-40-30(18-12-26-38(40)45)32-20-11-21-33-31-19-13-27-39-41(31)44(47(43)42(32)33)35-23-8-10-25-37(35)46(39)29-16-5-2-6-17-29/h1-27H. The van der Waals surface area contributed by atoms with Crippen molar-refractivity contribution in [3.63, 3.8) is 0 Å². The van der Waals surface area contributed by atoms with E-state index >= 15 is 0 Å². The number of para-hydroxylation sites is 5. The fourth-order valence-corrected chi connectivity index (χ4v) is 8.91. The van der Waals surface area contributed by atoms with Crippen LogP contribution in [0.15, 0.2) is 164 Å². The van der Waals surface area contributed by atoms with Gasteiger partial charge in [-0.15, -0.1) is 0 Å². The molecule has 216 valence electrons. The molecule has 3 nitrogen and oxygen atoms in total. The van der Waals surface area contributed by atoms with Crippen LogP contribution < -0.4 is 36.4 Å². The largest absolute Gasteiger partial charge is 0.444 e. The van der Waals surface area contributed by atoms with Gasteiger partial charge in [-0.05, 0) is 81.5 Å². The van der Waals surface area contributed by atoms with E-state index in [0.29, 0.717) is 0 Å². The van der Waals surface area contributed by atoms with Crippen molar-refractivity contribution in [1.82, 2.24) is 0 Å². The molecule has 0 unspecified atom stereocenters. The van der Waals surface area contributed by atoms with E-state index in [0.717, 1.165) is 0 Å². The molecule has 7 aromatic rings. The molecule has 11 rings (SSSR count). The van der Waals surface area contributed by atoms with Crippen molar-refractivity contribution in [2.24, 2.45) is 0 Å². The Labute approximate surface area is 275 Å². The van der Waals surface area contributed by atoms with Crippen LogP contribution in [0.2, 0.25) is 0 Å². The number of nitrogens with zero attached hydrogens (tertiary/aromatic N) is 3. The van der Waals surface area contributed by atoms with E-state index in [1.807, 2.05) is 0 Å². The molecule has 0 atom stereocenters. The van der Waals surface area contributed by atoms with Crippen LogP contribution in [0.3, 0.4) is 0 Å². The number of rotatable bonds is 2. The normalized spacial score (nSPS) is 14.2. The predicted molar refractivity (Wildman–Crippen MR) is 199 cm³/mol. The Morgan fingerprint density at radius 3 is 1.19 bits per heavy atom. The third kappa shape index (κ3) is 3.23. The first-order valence-electron chi connectivity index (χ1n) is 16.4. The van der Waals surface area contributed by atoms with Crippen molar-refractivity contribution in [1.29, 1.82) is 0 Å². The lowest BCUT2D eigenvalue weighted by molar-refractivity contribution is 1.27. The van der Waals surface area contributed by atoms with Gasteiger partial charge in [0.25, 0.3) is 0 Å². The molecule has 4 aliphatic rings. The second kappa shape index (κ2) is 9.31. The molecule has 0 spiro atoms. The number of hydrogen-bond acceptors (Lipinski definition) is 3. The number of fused-ring (bicyclic) bond motifs is 8. The molecular formula is C42H27B2N3. The highest BCUT2D eigenvalue weighted by molar-refractivity contribution is 7.09. The monoisotopic (exact) mass is 595 g/mol. The summed E-state index contributed by atoms with van der Waals surface area (Å²) in [6, 6.07) is 60.5. The van der Waals surface area contributed by atoms with Crippen LogP contribution in [0, 0.1) is 0 Å². The van der Waals surface area contributed by atoms with Crippen LogP contribution in [-0.2, 0) is 0 Å². The summed E-state index contributed by atoms with van der Waals surface area (Å²) in [7, 11) is 0. The van der Waals surface area contributed by atoms with Gasteiger partial charge in [0.1, 0.15) is 0 Å². The minimum absolute atomic E-state index is 0.0357. The zero-order chi connectivity index (χ0) is 30.6. The Balaban J connectivity index is 1.26. The molecule has 4 heterocycles. The summed E-state index contributed by atoms with van der Waals surface area (Å²) >= 11 is 0. The molecule has 0 fully saturated rings. The second-order valence-electron chi connectivity index (χ2n) is 12.9. The third-order valence-electron chi connectivity index (χ3n) is 10.6. The van der Waals surface area contributed by atoms with Crippen LogP contribution in [0.4, 0.5) is 39.8 Å². The maximum Gasteiger partial charge on any atom is 0.316 e. The highest BCUT2D eigenvalue weighted by Crippen LogP contribution is 2.51. The lowest BCUT2D eigenvalue weighted by Gasteiger charge is -2.53. The Hall–Kier alpha value is -5.93. The number of benzene rings is 7. The summed E-state index contributed by atoms with van der Waals surface area (Å²) in [5.41, 5.74) is 19.4. The quantitative estimate of drug-likeness (QED) is 0.191. The smallest absolute Gasteiger partial charge is 0.316 e. The molecule has 47 heavy (non-hydrogen) atoms. The van der Waals surface area contributed by atoms with Gasteiger partial charge in [0.05, 0.1) is 0 Å². The van der Waals surface area contributed by atoms with Crippen LogP contribution >= 0.6 is 0 Å². The summed E-state index contributed by atoms with van der Waals surface area (Å²) in [6.45, 7) is 0.0714. The van der Waals surface area contributed by atoms with Crippen LogP contribution in [0.25, 0.3) is 22.3 Å². The van der Waals surface area contributed by atoms with E-state index in [1.165, 1.54) is 83.9 Å². The van der Waals surface area contributed by atoms with E-state index in [-0.39, 0.29) is 13.7 Å². The summed E-state index contributed by atoms with van der Waals surface area (Å²) in [5, 5.41) is 0. The average Bonchev–Trinajstić information content (AvgIpc) is 3.14. The molecule has 0 aromatic heterocycles.